The Bertz CT molecular complexity index is 303. The highest BCUT2D eigenvalue weighted by Crippen LogP contribution is 2.19. The lowest BCUT2D eigenvalue weighted by molar-refractivity contribution is 0.431. The summed E-state index contributed by atoms with van der Waals surface area (Å²) in [5.41, 5.74) is 0. The van der Waals surface area contributed by atoms with Gasteiger partial charge in [0.2, 0.25) is 0 Å². The van der Waals surface area contributed by atoms with Crippen LogP contribution in [0.15, 0.2) is 12.2 Å². The van der Waals surface area contributed by atoms with Crippen molar-refractivity contribution in [1.82, 2.24) is 0 Å². The lowest BCUT2D eigenvalue weighted by atomic mass is 9.96. The number of hydrogen-bond acceptors (Lipinski definition) is 0. The molecule has 0 rings (SSSR count). The molecule has 0 saturated heterocycles. The average molecular weight is 405 g/mol. The third-order valence-electron chi connectivity index (χ3n) is 6.30. The minimum Gasteiger partial charge on any atom is -0.0885 e. The van der Waals surface area contributed by atoms with Gasteiger partial charge in [0.05, 0.1) is 0 Å². The number of hydrogen-bond donors (Lipinski definition) is 0. The van der Waals surface area contributed by atoms with Gasteiger partial charge in [0, 0.05) is 0 Å². The van der Waals surface area contributed by atoms with Crippen molar-refractivity contribution in [2.24, 2.45) is 5.92 Å². The minimum absolute atomic E-state index is 0.951. The van der Waals surface area contributed by atoms with E-state index in [4.69, 9.17) is 0 Å². The first kappa shape index (κ1) is 28.7. The van der Waals surface area contributed by atoms with E-state index in [1.54, 1.807) is 0 Å². The van der Waals surface area contributed by atoms with Crippen LogP contribution in [0.25, 0.3) is 0 Å². The molecule has 0 saturated carbocycles. The van der Waals surface area contributed by atoms with E-state index in [1.165, 1.54) is 128 Å². The summed E-state index contributed by atoms with van der Waals surface area (Å²) in [6.07, 6.45) is 36.6. The van der Waals surface area contributed by atoms with Crippen LogP contribution in [-0.2, 0) is 0 Å². The predicted molar refractivity (Wildman–Crippen MR) is 135 cm³/mol. The first-order valence-electron chi connectivity index (χ1n) is 13.5. The van der Waals surface area contributed by atoms with Crippen molar-refractivity contribution in [3.05, 3.63) is 26.0 Å². The number of allylic oxidation sites excluding steroid dienone is 2. The Balaban J connectivity index is 3.12. The molecule has 0 aliphatic carbocycles. The Morgan fingerprint density at radius 3 is 1.28 bits per heavy atom. The zero-order valence-corrected chi connectivity index (χ0v) is 20.4. The molecular weight excluding hydrogens is 348 g/mol. The van der Waals surface area contributed by atoms with E-state index >= 15 is 0 Å². The zero-order chi connectivity index (χ0) is 21.3. The molecule has 0 aliphatic rings. The lowest BCUT2D eigenvalue weighted by Crippen LogP contribution is -1.95. The maximum atomic E-state index is 3.92. The highest BCUT2D eigenvalue weighted by molar-refractivity contribution is 4.81. The second kappa shape index (κ2) is 25.8. The molecule has 0 heterocycles. The summed E-state index contributed by atoms with van der Waals surface area (Å²) in [4.78, 5) is 0. The molecule has 0 nitrogen and oxygen atoms in total. The average Bonchev–Trinajstić information content (AvgIpc) is 2.73. The molecule has 172 valence electrons. The maximum Gasteiger partial charge on any atom is -0.0351 e. The Morgan fingerprint density at radius 2 is 0.828 bits per heavy atom. The van der Waals surface area contributed by atoms with E-state index in [-0.39, 0.29) is 0 Å². The molecule has 0 heteroatoms. The molecular formula is C29H56. The quantitative estimate of drug-likeness (QED) is 0.111. The minimum atomic E-state index is 0.951. The van der Waals surface area contributed by atoms with Gasteiger partial charge in [-0.3, -0.25) is 0 Å². The van der Waals surface area contributed by atoms with Crippen molar-refractivity contribution in [3.63, 3.8) is 0 Å². The highest BCUT2D eigenvalue weighted by Gasteiger charge is 2.02. The molecule has 0 aromatic carbocycles. The van der Waals surface area contributed by atoms with Gasteiger partial charge in [0.25, 0.3) is 0 Å². The molecule has 1 atom stereocenters. The third-order valence-corrected chi connectivity index (χ3v) is 6.30. The van der Waals surface area contributed by atoms with Crippen molar-refractivity contribution >= 4 is 0 Å². The summed E-state index contributed by atoms with van der Waals surface area (Å²) >= 11 is 0. The van der Waals surface area contributed by atoms with Crippen LogP contribution in [0.4, 0.5) is 0 Å². The van der Waals surface area contributed by atoms with Gasteiger partial charge in [-0.2, -0.15) is 0 Å². The van der Waals surface area contributed by atoms with Crippen LogP contribution >= 0.6 is 0 Å². The first-order valence-corrected chi connectivity index (χ1v) is 13.5. The molecule has 0 amide bonds. The van der Waals surface area contributed by atoms with E-state index in [0.29, 0.717) is 0 Å². The summed E-state index contributed by atoms with van der Waals surface area (Å²) in [6.45, 7) is 10.3. The molecule has 0 spiro atoms. The highest BCUT2D eigenvalue weighted by atomic mass is 14.1. The van der Waals surface area contributed by atoms with E-state index in [9.17, 15) is 0 Å². The predicted octanol–water partition coefficient (Wildman–Crippen LogP) is 10.8. The Hall–Kier alpha value is -0.260. The van der Waals surface area contributed by atoms with Crippen molar-refractivity contribution in [3.8, 4) is 0 Å². The van der Waals surface area contributed by atoms with Crippen LogP contribution in [0.2, 0.25) is 0 Å². The van der Waals surface area contributed by atoms with Gasteiger partial charge in [0.1, 0.15) is 0 Å². The van der Waals surface area contributed by atoms with Crippen LogP contribution in [0.3, 0.4) is 0 Å². The topological polar surface area (TPSA) is 0 Å². The molecule has 29 heavy (non-hydrogen) atoms. The van der Waals surface area contributed by atoms with Crippen LogP contribution in [-0.4, -0.2) is 0 Å². The number of unbranched alkanes of at least 4 members (excludes halogenated alkanes) is 18. The number of rotatable bonds is 24. The van der Waals surface area contributed by atoms with E-state index in [0.717, 1.165) is 25.2 Å². The van der Waals surface area contributed by atoms with Crippen LogP contribution < -0.4 is 0 Å². The third kappa shape index (κ3) is 25.7. The second-order valence-electron chi connectivity index (χ2n) is 9.45. The monoisotopic (exact) mass is 404 g/mol. The van der Waals surface area contributed by atoms with Crippen molar-refractivity contribution < 1.29 is 0 Å². The fourth-order valence-electron chi connectivity index (χ4n) is 4.22. The molecule has 0 bridgehead atoms. The van der Waals surface area contributed by atoms with Crippen LogP contribution in [0.1, 0.15) is 155 Å². The maximum absolute atomic E-state index is 3.92. The van der Waals surface area contributed by atoms with E-state index < -0.39 is 0 Å². The summed E-state index contributed by atoms with van der Waals surface area (Å²) in [5, 5.41) is 0. The SMILES string of the molecule is [CH2]CC/C=C/CCCCCCCCCCCCCCC(C)CCCCCCC[CH2]. The Kier molecular flexibility index (Phi) is 25.5. The fourth-order valence-corrected chi connectivity index (χ4v) is 4.22. The van der Waals surface area contributed by atoms with Gasteiger partial charge < -0.3 is 0 Å². The van der Waals surface area contributed by atoms with Crippen LogP contribution in [0, 0.1) is 19.8 Å². The Labute approximate surface area is 186 Å². The fraction of sp³-hybridized carbons (Fsp3) is 0.862. The summed E-state index contributed by atoms with van der Waals surface area (Å²) in [7, 11) is 0. The summed E-state index contributed by atoms with van der Waals surface area (Å²) < 4.78 is 0. The smallest absolute Gasteiger partial charge is 0.0351 e. The van der Waals surface area contributed by atoms with Crippen molar-refractivity contribution in [2.45, 2.75) is 155 Å². The molecule has 0 aliphatic heterocycles. The molecule has 0 aromatic rings. The molecule has 2 radical (unpaired) electrons. The van der Waals surface area contributed by atoms with Gasteiger partial charge in [-0.05, 0) is 31.6 Å². The van der Waals surface area contributed by atoms with Crippen molar-refractivity contribution in [2.75, 3.05) is 0 Å². The van der Waals surface area contributed by atoms with Gasteiger partial charge in [0.15, 0.2) is 0 Å². The molecule has 0 fully saturated rings. The zero-order valence-electron chi connectivity index (χ0n) is 20.4. The molecule has 0 aromatic heterocycles. The standard InChI is InChI=1S/C29H56/c1-4-6-8-10-12-13-14-15-16-17-18-19-20-21-22-24-26-28-29(3)27-25-23-11-9-7-5-2/h8,10,29H,1-2,4-7,9,11-28H2,3H3/b10-8+. The van der Waals surface area contributed by atoms with E-state index in [1.807, 2.05) is 0 Å². The van der Waals surface area contributed by atoms with E-state index in [2.05, 4.69) is 32.9 Å². The van der Waals surface area contributed by atoms with Crippen molar-refractivity contribution in [1.29, 1.82) is 0 Å². The molecule has 0 N–H and O–H groups in total. The normalized spacial score (nSPS) is 12.8. The Morgan fingerprint density at radius 1 is 0.448 bits per heavy atom. The van der Waals surface area contributed by atoms with Gasteiger partial charge in [-0.15, -0.1) is 0 Å². The largest absolute Gasteiger partial charge is 0.0885 e. The second-order valence-corrected chi connectivity index (χ2v) is 9.45. The van der Waals surface area contributed by atoms with Gasteiger partial charge in [-0.25, -0.2) is 0 Å². The van der Waals surface area contributed by atoms with Gasteiger partial charge in [-0.1, -0.05) is 155 Å². The summed E-state index contributed by atoms with van der Waals surface area (Å²) in [5.74, 6) is 0.951. The lowest BCUT2D eigenvalue weighted by Gasteiger charge is -2.11. The van der Waals surface area contributed by atoms with Crippen LogP contribution in [0.5, 0.6) is 0 Å². The molecule has 1 unspecified atom stereocenters. The summed E-state index contributed by atoms with van der Waals surface area (Å²) in [6, 6.07) is 0. The van der Waals surface area contributed by atoms with Gasteiger partial charge >= 0.3 is 0 Å². The first-order chi connectivity index (χ1) is 14.3.